The minimum Gasteiger partial charge on any atom is -0.312 e. The second-order valence-corrected chi connectivity index (χ2v) is 5.20. The normalized spacial score (nSPS) is 30.9. The smallest absolute Gasteiger partial charge is 0.312 e. The van der Waals surface area contributed by atoms with E-state index in [4.69, 9.17) is 0 Å². The predicted molar refractivity (Wildman–Crippen MR) is 62.5 cm³/mol. The Bertz CT molecular complexity index is 315. The van der Waals surface area contributed by atoms with E-state index in [0.29, 0.717) is 13.1 Å². The number of nitrogens with zero attached hydrogens (tertiary/aromatic N) is 2. The number of hydrogen-bond acceptors (Lipinski definition) is 3. The molecule has 1 aliphatic carbocycles. The van der Waals surface area contributed by atoms with Gasteiger partial charge in [-0.3, -0.25) is 9.69 Å². The van der Waals surface area contributed by atoms with Crippen LogP contribution in [-0.2, 0) is 4.79 Å². The van der Waals surface area contributed by atoms with Crippen LogP contribution in [0.5, 0.6) is 0 Å². The highest BCUT2D eigenvalue weighted by Gasteiger charge is 2.48. The van der Waals surface area contributed by atoms with Crippen molar-refractivity contribution in [1.29, 1.82) is 0 Å². The van der Waals surface area contributed by atoms with Crippen molar-refractivity contribution in [3.63, 3.8) is 0 Å². The van der Waals surface area contributed by atoms with Crippen LogP contribution in [0.2, 0.25) is 0 Å². The summed E-state index contributed by atoms with van der Waals surface area (Å²) in [5.74, 6) is 0.0223. The molecule has 3 rings (SSSR count). The molecule has 0 spiro atoms. The van der Waals surface area contributed by atoms with Gasteiger partial charge >= 0.3 is 6.03 Å². The number of imide groups is 1. The first kappa shape index (κ1) is 11.0. The number of carbonyl (C=O) groups excluding carboxylic acids is 2. The van der Waals surface area contributed by atoms with Gasteiger partial charge in [-0.2, -0.15) is 0 Å². The van der Waals surface area contributed by atoms with Crippen molar-refractivity contribution in [2.45, 2.75) is 44.2 Å². The lowest BCUT2D eigenvalue weighted by molar-refractivity contribution is -0.130. The number of carbonyl (C=O) groups is 2. The van der Waals surface area contributed by atoms with Gasteiger partial charge in [-0.05, 0) is 12.8 Å². The van der Waals surface area contributed by atoms with Crippen LogP contribution < -0.4 is 5.32 Å². The highest BCUT2D eigenvalue weighted by Crippen LogP contribution is 2.29. The van der Waals surface area contributed by atoms with Gasteiger partial charge in [0, 0.05) is 25.7 Å². The lowest BCUT2D eigenvalue weighted by atomic mass is 9.94. The highest BCUT2D eigenvalue weighted by molar-refractivity contribution is 6.04. The number of piperazine rings is 1. The van der Waals surface area contributed by atoms with Gasteiger partial charge in [0.05, 0.1) is 0 Å². The fourth-order valence-electron chi connectivity index (χ4n) is 3.22. The molecule has 0 radical (unpaired) electrons. The van der Waals surface area contributed by atoms with E-state index in [2.05, 4.69) is 5.32 Å². The highest BCUT2D eigenvalue weighted by atomic mass is 16.2. The van der Waals surface area contributed by atoms with Crippen LogP contribution in [0.4, 0.5) is 4.79 Å². The number of urea groups is 1. The number of amides is 3. The Morgan fingerprint density at radius 2 is 1.88 bits per heavy atom. The lowest BCUT2D eigenvalue weighted by Crippen LogP contribution is -2.51. The molecule has 2 aliphatic heterocycles. The zero-order chi connectivity index (χ0) is 11.8. The molecule has 0 aromatic heterocycles. The Labute approximate surface area is 101 Å². The summed E-state index contributed by atoms with van der Waals surface area (Å²) in [6.07, 6.45) is 5.51. The average molecular weight is 237 g/mol. The van der Waals surface area contributed by atoms with E-state index in [-0.39, 0.29) is 24.0 Å². The van der Waals surface area contributed by atoms with Gasteiger partial charge < -0.3 is 10.2 Å². The summed E-state index contributed by atoms with van der Waals surface area (Å²) in [6.45, 7) is 2.08. The summed E-state index contributed by atoms with van der Waals surface area (Å²) in [4.78, 5) is 27.8. The van der Waals surface area contributed by atoms with Crippen LogP contribution in [0.1, 0.15) is 32.1 Å². The van der Waals surface area contributed by atoms with E-state index in [1.807, 2.05) is 0 Å². The van der Waals surface area contributed by atoms with E-state index in [1.165, 1.54) is 6.42 Å². The Hall–Kier alpha value is -1.10. The van der Waals surface area contributed by atoms with Crippen molar-refractivity contribution >= 4 is 11.9 Å². The third-order valence-corrected chi connectivity index (χ3v) is 4.16. The molecule has 1 unspecified atom stereocenters. The zero-order valence-electron chi connectivity index (χ0n) is 10.0. The van der Waals surface area contributed by atoms with Crippen LogP contribution in [0.3, 0.4) is 0 Å². The molecule has 2 saturated heterocycles. The number of fused-ring (bicyclic) bond motifs is 1. The molecular weight excluding hydrogens is 218 g/mol. The molecule has 1 saturated carbocycles. The van der Waals surface area contributed by atoms with Gasteiger partial charge in [0.25, 0.3) is 5.91 Å². The topological polar surface area (TPSA) is 52.7 Å². The van der Waals surface area contributed by atoms with Gasteiger partial charge in [-0.25, -0.2) is 4.79 Å². The quantitative estimate of drug-likeness (QED) is 0.678. The van der Waals surface area contributed by atoms with E-state index >= 15 is 0 Å². The summed E-state index contributed by atoms with van der Waals surface area (Å²) < 4.78 is 0. The van der Waals surface area contributed by atoms with Crippen molar-refractivity contribution in [3.8, 4) is 0 Å². The number of nitrogens with one attached hydrogen (secondary N) is 1. The van der Waals surface area contributed by atoms with Crippen molar-refractivity contribution in [2.24, 2.45) is 0 Å². The maximum atomic E-state index is 12.3. The third kappa shape index (κ3) is 1.73. The fraction of sp³-hybridized carbons (Fsp3) is 0.833. The van der Waals surface area contributed by atoms with Gasteiger partial charge in [-0.15, -0.1) is 0 Å². The van der Waals surface area contributed by atoms with E-state index < -0.39 is 0 Å². The minimum atomic E-state index is -0.238. The molecule has 1 atom stereocenters. The molecule has 3 fully saturated rings. The Morgan fingerprint density at radius 1 is 1.12 bits per heavy atom. The first-order valence-electron chi connectivity index (χ1n) is 6.63. The Morgan fingerprint density at radius 3 is 2.59 bits per heavy atom. The SMILES string of the molecule is O=C1C2CNCCN2C(=O)N1C1CCCCC1. The van der Waals surface area contributed by atoms with Crippen LogP contribution in [0.25, 0.3) is 0 Å². The van der Waals surface area contributed by atoms with E-state index in [9.17, 15) is 9.59 Å². The summed E-state index contributed by atoms with van der Waals surface area (Å²) >= 11 is 0. The molecule has 5 nitrogen and oxygen atoms in total. The monoisotopic (exact) mass is 237 g/mol. The maximum Gasteiger partial charge on any atom is 0.327 e. The Kier molecular flexibility index (Phi) is 2.78. The van der Waals surface area contributed by atoms with Gasteiger partial charge in [0.2, 0.25) is 0 Å². The third-order valence-electron chi connectivity index (χ3n) is 4.16. The van der Waals surface area contributed by atoms with Crippen molar-refractivity contribution < 1.29 is 9.59 Å². The summed E-state index contributed by atoms with van der Waals surface area (Å²) in [7, 11) is 0. The predicted octanol–water partition coefficient (Wildman–Crippen LogP) is 0.555. The minimum absolute atomic E-state index is 0.0223. The van der Waals surface area contributed by atoms with E-state index in [1.54, 1.807) is 9.80 Å². The molecule has 0 aromatic rings. The molecule has 1 N–H and O–H groups in total. The molecule has 0 aromatic carbocycles. The summed E-state index contributed by atoms with van der Waals surface area (Å²) in [5.41, 5.74) is 0. The molecule has 3 amide bonds. The molecule has 17 heavy (non-hydrogen) atoms. The zero-order valence-corrected chi connectivity index (χ0v) is 10.0. The number of hydrogen-bond donors (Lipinski definition) is 1. The van der Waals surface area contributed by atoms with Crippen molar-refractivity contribution in [1.82, 2.24) is 15.1 Å². The van der Waals surface area contributed by atoms with Crippen LogP contribution >= 0.6 is 0 Å². The second-order valence-electron chi connectivity index (χ2n) is 5.20. The number of rotatable bonds is 1. The maximum absolute atomic E-state index is 12.3. The van der Waals surface area contributed by atoms with Crippen LogP contribution in [0, 0.1) is 0 Å². The van der Waals surface area contributed by atoms with Gasteiger partial charge in [0.15, 0.2) is 0 Å². The van der Waals surface area contributed by atoms with Crippen LogP contribution in [-0.4, -0.2) is 53.5 Å². The fourth-order valence-corrected chi connectivity index (χ4v) is 3.22. The molecular formula is C12H19N3O2. The van der Waals surface area contributed by atoms with Gasteiger partial charge in [-0.1, -0.05) is 19.3 Å². The van der Waals surface area contributed by atoms with Crippen LogP contribution in [0.15, 0.2) is 0 Å². The molecule has 0 bridgehead atoms. The van der Waals surface area contributed by atoms with Crippen molar-refractivity contribution in [3.05, 3.63) is 0 Å². The second kappa shape index (κ2) is 4.29. The lowest BCUT2D eigenvalue weighted by Gasteiger charge is -2.29. The molecule has 3 aliphatic rings. The van der Waals surface area contributed by atoms with Gasteiger partial charge in [0.1, 0.15) is 6.04 Å². The average Bonchev–Trinajstić information content (AvgIpc) is 2.64. The first-order valence-corrected chi connectivity index (χ1v) is 6.63. The van der Waals surface area contributed by atoms with E-state index in [0.717, 1.165) is 32.2 Å². The summed E-state index contributed by atoms with van der Waals surface area (Å²) in [5, 5.41) is 3.19. The largest absolute Gasteiger partial charge is 0.327 e. The summed E-state index contributed by atoms with van der Waals surface area (Å²) in [6, 6.07) is -0.124. The molecule has 5 heteroatoms. The standard InChI is InChI=1S/C12H19N3O2/c16-11-10-8-13-6-7-14(10)12(17)15(11)9-4-2-1-3-5-9/h9-10,13H,1-8H2. The first-order chi connectivity index (χ1) is 8.29. The molecule has 2 heterocycles. The molecule has 94 valence electrons. The van der Waals surface area contributed by atoms with Crippen molar-refractivity contribution in [2.75, 3.05) is 19.6 Å². The Balaban J connectivity index is 1.80.